The van der Waals surface area contributed by atoms with E-state index in [0.29, 0.717) is 27.7 Å². The zero-order chi connectivity index (χ0) is 22.0. The zero-order valence-electron chi connectivity index (χ0n) is 17.4. The molecule has 0 spiro atoms. The lowest BCUT2D eigenvalue weighted by molar-refractivity contribution is -0.123. The third-order valence-electron chi connectivity index (χ3n) is 5.11. The van der Waals surface area contributed by atoms with Crippen molar-refractivity contribution in [1.29, 1.82) is 0 Å². The van der Waals surface area contributed by atoms with Crippen molar-refractivity contribution in [2.45, 2.75) is 6.54 Å². The Bertz CT molecular complexity index is 1170. The Morgan fingerprint density at radius 1 is 0.903 bits per heavy atom. The highest BCUT2D eigenvalue weighted by Crippen LogP contribution is 2.40. The fourth-order valence-electron chi connectivity index (χ4n) is 3.54. The molecular weight excluding hydrogens is 414 g/mol. The van der Waals surface area contributed by atoms with Crippen molar-refractivity contribution in [2.24, 2.45) is 0 Å². The van der Waals surface area contributed by atoms with Crippen molar-refractivity contribution < 1.29 is 23.8 Å². The molecule has 158 valence electrons. The summed E-state index contributed by atoms with van der Waals surface area (Å²) < 4.78 is 16.2. The summed E-state index contributed by atoms with van der Waals surface area (Å²) in [6.45, 7) is 0.209. The van der Waals surface area contributed by atoms with E-state index in [2.05, 4.69) is 0 Å². The van der Waals surface area contributed by atoms with Gasteiger partial charge in [0.25, 0.3) is 11.1 Å². The van der Waals surface area contributed by atoms with Crippen molar-refractivity contribution in [3.05, 3.63) is 70.6 Å². The van der Waals surface area contributed by atoms with Gasteiger partial charge in [0.05, 0.1) is 38.3 Å². The molecule has 4 rings (SSSR count). The van der Waals surface area contributed by atoms with Crippen LogP contribution in [0.5, 0.6) is 17.2 Å². The lowest BCUT2D eigenvalue weighted by Crippen LogP contribution is -2.27. The van der Waals surface area contributed by atoms with Crippen LogP contribution in [0.3, 0.4) is 0 Å². The van der Waals surface area contributed by atoms with Crippen LogP contribution in [0.15, 0.2) is 59.5 Å². The van der Waals surface area contributed by atoms with Crippen LogP contribution in [0.2, 0.25) is 0 Å². The second-order valence-electron chi connectivity index (χ2n) is 6.85. The van der Waals surface area contributed by atoms with Crippen molar-refractivity contribution in [3.63, 3.8) is 0 Å². The van der Waals surface area contributed by atoms with Gasteiger partial charge in [0.1, 0.15) is 17.2 Å². The fourth-order valence-corrected chi connectivity index (χ4v) is 4.36. The van der Waals surface area contributed by atoms with Gasteiger partial charge in [-0.25, -0.2) is 0 Å². The van der Waals surface area contributed by atoms with Gasteiger partial charge in [-0.2, -0.15) is 0 Å². The van der Waals surface area contributed by atoms with Crippen LogP contribution >= 0.6 is 11.8 Å². The van der Waals surface area contributed by atoms with Crippen LogP contribution in [0, 0.1) is 0 Å². The summed E-state index contributed by atoms with van der Waals surface area (Å²) in [4.78, 5) is 27.3. The second kappa shape index (κ2) is 8.73. The summed E-state index contributed by atoms with van der Waals surface area (Å²) in [6, 6.07) is 17.2. The number of ether oxygens (including phenoxy) is 3. The van der Waals surface area contributed by atoms with E-state index in [1.807, 2.05) is 42.5 Å². The highest BCUT2D eigenvalue weighted by atomic mass is 32.2. The van der Waals surface area contributed by atoms with Gasteiger partial charge in [-0.3, -0.25) is 14.5 Å². The van der Waals surface area contributed by atoms with Crippen molar-refractivity contribution >= 4 is 39.8 Å². The van der Waals surface area contributed by atoms with Crippen molar-refractivity contribution in [3.8, 4) is 17.2 Å². The summed E-state index contributed by atoms with van der Waals surface area (Å²) in [5, 5.41) is 1.78. The van der Waals surface area contributed by atoms with E-state index in [0.717, 1.165) is 28.1 Å². The monoisotopic (exact) mass is 435 g/mol. The minimum atomic E-state index is -0.345. The molecule has 31 heavy (non-hydrogen) atoms. The van der Waals surface area contributed by atoms with E-state index in [4.69, 9.17) is 14.2 Å². The quantitative estimate of drug-likeness (QED) is 0.502. The standard InChI is InChI=1S/C24H21NO5S/c1-28-17-11-20(29-2)19(21(12-17)30-3)13-22-23(26)25(24(27)31-22)14-16-9-6-8-15-7-4-5-10-18(15)16/h4-13H,14H2,1-3H3/b22-13+. The molecule has 1 heterocycles. The normalized spacial score (nSPS) is 15.1. The number of methoxy groups -OCH3 is 3. The SMILES string of the molecule is COc1cc(OC)c(/C=C2/SC(=O)N(Cc3cccc4ccccc34)C2=O)c(OC)c1. The lowest BCUT2D eigenvalue weighted by atomic mass is 10.0. The van der Waals surface area contributed by atoms with Gasteiger partial charge in [-0.1, -0.05) is 42.5 Å². The number of rotatable bonds is 6. The third kappa shape index (κ3) is 3.96. The van der Waals surface area contributed by atoms with Crippen LogP contribution in [-0.4, -0.2) is 37.4 Å². The van der Waals surface area contributed by atoms with Gasteiger partial charge < -0.3 is 14.2 Å². The molecule has 0 atom stereocenters. The number of carbonyl (C=O) groups is 2. The average molecular weight is 436 g/mol. The maximum absolute atomic E-state index is 13.1. The minimum absolute atomic E-state index is 0.209. The number of benzene rings is 3. The van der Waals surface area contributed by atoms with Crippen LogP contribution in [-0.2, 0) is 11.3 Å². The molecule has 0 aromatic heterocycles. The molecule has 1 aliphatic heterocycles. The number of amides is 2. The Labute approximate surface area is 184 Å². The first-order valence-electron chi connectivity index (χ1n) is 9.57. The molecule has 7 heteroatoms. The number of imide groups is 1. The van der Waals surface area contributed by atoms with E-state index < -0.39 is 0 Å². The number of fused-ring (bicyclic) bond motifs is 1. The van der Waals surface area contributed by atoms with Gasteiger partial charge in [0.15, 0.2) is 0 Å². The molecule has 6 nitrogen and oxygen atoms in total. The molecule has 0 bridgehead atoms. The number of carbonyl (C=O) groups excluding carboxylic acids is 2. The molecule has 2 amide bonds. The molecule has 1 fully saturated rings. The summed E-state index contributed by atoms with van der Waals surface area (Å²) in [5.74, 6) is 1.19. The smallest absolute Gasteiger partial charge is 0.293 e. The minimum Gasteiger partial charge on any atom is -0.496 e. The molecular formula is C24H21NO5S. The van der Waals surface area contributed by atoms with Gasteiger partial charge in [-0.05, 0) is 34.2 Å². The summed E-state index contributed by atoms with van der Waals surface area (Å²) >= 11 is 0.906. The average Bonchev–Trinajstić information content (AvgIpc) is 3.06. The lowest BCUT2D eigenvalue weighted by Gasteiger charge is -2.15. The first-order chi connectivity index (χ1) is 15.0. The molecule has 0 aliphatic carbocycles. The zero-order valence-corrected chi connectivity index (χ0v) is 18.2. The maximum Gasteiger partial charge on any atom is 0.293 e. The largest absolute Gasteiger partial charge is 0.496 e. The second-order valence-corrected chi connectivity index (χ2v) is 7.84. The molecule has 0 saturated carbocycles. The van der Waals surface area contributed by atoms with Crippen molar-refractivity contribution in [1.82, 2.24) is 4.90 Å². The highest BCUT2D eigenvalue weighted by Gasteiger charge is 2.35. The molecule has 0 radical (unpaired) electrons. The number of hydrogen-bond donors (Lipinski definition) is 0. The first kappa shape index (κ1) is 20.8. The molecule has 1 aliphatic rings. The Balaban J connectivity index is 1.68. The number of hydrogen-bond acceptors (Lipinski definition) is 6. The van der Waals surface area contributed by atoms with Crippen LogP contribution in [0.25, 0.3) is 16.8 Å². The molecule has 1 saturated heterocycles. The van der Waals surface area contributed by atoms with Crippen molar-refractivity contribution in [2.75, 3.05) is 21.3 Å². The predicted octanol–water partition coefficient (Wildman–Crippen LogP) is 5.10. The van der Waals surface area contributed by atoms with Crippen LogP contribution in [0.1, 0.15) is 11.1 Å². The Morgan fingerprint density at radius 3 is 2.26 bits per heavy atom. The van der Waals surface area contributed by atoms with Gasteiger partial charge >= 0.3 is 0 Å². The molecule has 3 aromatic rings. The third-order valence-corrected chi connectivity index (χ3v) is 6.02. The molecule has 0 N–H and O–H groups in total. The summed E-state index contributed by atoms with van der Waals surface area (Å²) in [7, 11) is 4.60. The molecule has 3 aromatic carbocycles. The summed E-state index contributed by atoms with van der Waals surface area (Å²) in [6.07, 6.45) is 1.63. The summed E-state index contributed by atoms with van der Waals surface area (Å²) in [5.41, 5.74) is 1.49. The van der Waals surface area contributed by atoms with Crippen LogP contribution in [0.4, 0.5) is 4.79 Å². The predicted molar refractivity (Wildman–Crippen MR) is 122 cm³/mol. The Morgan fingerprint density at radius 2 is 1.58 bits per heavy atom. The van der Waals surface area contributed by atoms with E-state index in [9.17, 15) is 9.59 Å². The van der Waals surface area contributed by atoms with E-state index in [1.54, 1.807) is 25.3 Å². The molecule has 0 unspecified atom stereocenters. The Hall–Kier alpha value is -3.45. The van der Waals surface area contributed by atoms with E-state index >= 15 is 0 Å². The van der Waals surface area contributed by atoms with Gasteiger partial charge in [0.2, 0.25) is 0 Å². The number of nitrogens with zero attached hydrogens (tertiary/aromatic N) is 1. The first-order valence-corrected chi connectivity index (χ1v) is 10.4. The Kier molecular flexibility index (Phi) is 5.86. The maximum atomic E-state index is 13.1. The van der Waals surface area contributed by atoms with Gasteiger partial charge in [-0.15, -0.1) is 0 Å². The van der Waals surface area contributed by atoms with E-state index in [1.165, 1.54) is 19.1 Å². The number of thioether (sulfide) groups is 1. The van der Waals surface area contributed by atoms with Crippen LogP contribution < -0.4 is 14.2 Å². The topological polar surface area (TPSA) is 65.1 Å². The van der Waals surface area contributed by atoms with E-state index in [-0.39, 0.29) is 17.7 Å². The van der Waals surface area contributed by atoms with Gasteiger partial charge in [0, 0.05) is 12.1 Å². The fraction of sp³-hybridized carbons (Fsp3) is 0.167. The highest BCUT2D eigenvalue weighted by molar-refractivity contribution is 8.18.